The first-order valence-electron chi connectivity index (χ1n) is 9.07. The summed E-state index contributed by atoms with van der Waals surface area (Å²) in [6.45, 7) is 1.20. The molecule has 0 atom stereocenters. The van der Waals surface area contributed by atoms with Crippen LogP contribution in [0.25, 0.3) is 11.3 Å². The van der Waals surface area contributed by atoms with E-state index in [1.54, 1.807) is 41.3 Å². The minimum Gasteiger partial charge on any atom is -0.338 e. The molecule has 3 aromatic rings. The van der Waals surface area contributed by atoms with Crippen molar-refractivity contribution in [2.24, 2.45) is 0 Å². The van der Waals surface area contributed by atoms with Crippen molar-refractivity contribution >= 4 is 5.91 Å². The molecule has 0 aliphatic carbocycles. The number of amides is 1. The van der Waals surface area contributed by atoms with Crippen LogP contribution < -0.4 is 5.56 Å². The summed E-state index contributed by atoms with van der Waals surface area (Å²) < 4.78 is 1.58. The van der Waals surface area contributed by atoms with E-state index in [0.29, 0.717) is 31.5 Å². The van der Waals surface area contributed by atoms with Crippen LogP contribution in [-0.4, -0.2) is 38.7 Å². The average Bonchev–Trinajstić information content (AvgIpc) is 2.75. The zero-order valence-electron chi connectivity index (χ0n) is 14.9. The molecule has 6 heteroatoms. The predicted octanol–water partition coefficient (Wildman–Crippen LogP) is 2.78. The van der Waals surface area contributed by atoms with Crippen LogP contribution >= 0.6 is 0 Å². The summed E-state index contributed by atoms with van der Waals surface area (Å²) in [6.07, 6.45) is 4.65. The highest BCUT2D eigenvalue weighted by Gasteiger charge is 2.26. The third kappa shape index (κ3) is 3.65. The molecule has 0 bridgehead atoms. The Balaban J connectivity index is 1.50. The van der Waals surface area contributed by atoms with E-state index in [2.05, 4.69) is 10.1 Å². The van der Waals surface area contributed by atoms with E-state index in [1.807, 2.05) is 35.2 Å². The van der Waals surface area contributed by atoms with Gasteiger partial charge in [0.25, 0.3) is 11.5 Å². The third-order valence-corrected chi connectivity index (χ3v) is 4.90. The number of hydrogen-bond acceptors (Lipinski definition) is 4. The Morgan fingerprint density at radius 2 is 1.74 bits per heavy atom. The van der Waals surface area contributed by atoms with Gasteiger partial charge in [-0.2, -0.15) is 5.10 Å². The number of rotatable bonds is 3. The van der Waals surface area contributed by atoms with Crippen molar-refractivity contribution in [2.45, 2.75) is 18.9 Å². The molecule has 1 aliphatic rings. The van der Waals surface area contributed by atoms with E-state index in [9.17, 15) is 9.59 Å². The quantitative estimate of drug-likeness (QED) is 0.720. The van der Waals surface area contributed by atoms with Gasteiger partial charge in [-0.3, -0.25) is 14.6 Å². The van der Waals surface area contributed by atoms with E-state index in [-0.39, 0.29) is 17.5 Å². The van der Waals surface area contributed by atoms with Crippen molar-refractivity contribution in [1.29, 1.82) is 0 Å². The Labute approximate surface area is 157 Å². The number of carbonyl (C=O) groups excluding carboxylic acids is 1. The predicted molar refractivity (Wildman–Crippen MR) is 102 cm³/mol. The molecular formula is C21H20N4O2. The topological polar surface area (TPSA) is 68.1 Å². The number of benzene rings is 1. The summed E-state index contributed by atoms with van der Waals surface area (Å²) in [5.74, 6) is -0.0140. The van der Waals surface area contributed by atoms with Gasteiger partial charge >= 0.3 is 0 Å². The third-order valence-electron chi connectivity index (χ3n) is 4.90. The lowest BCUT2D eigenvalue weighted by Gasteiger charge is -2.32. The molecule has 1 amide bonds. The molecule has 0 radical (unpaired) electrons. The highest BCUT2D eigenvalue weighted by atomic mass is 16.2. The van der Waals surface area contributed by atoms with Crippen LogP contribution in [0.3, 0.4) is 0 Å². The smallest absolute Gasteiger partial charge is 0.267 e. The molecule has 2 aromatic heterocycles. The Hall–Kier alpha value is -3.28. The van der Waals surface area contributed by atoms with Crippen molar-refractivity contribution in [3.05, 3.63) is 82.9 Å². The summed E-state index contributed by atoms with van der Waals surface area (Å²) in [5.41, 5.74) is 2.25. The molecule has 0 N–H and O–H groups in total. The van der Waals surface area contributed by atoms with Gasteiger partial charge < -0.3 is 4.90 Å². The van der Waals surface area contributed by atoms with Gasteiger partial charge in [-0.25, -0.2) is 4.68 Å². The maximum Gasteiger partial charge on any atom is 0.267 e. The van der Waals surface area contributed by atoms with Gasteiger partial charge in [0, 0.05) is 37.1 Å². The first-order chi connectivity index (χ1) is 13.2. The van der Waals surface area contributed by atoms with Gasteiger partial charge in [0.1, 0.15) is 0 Å². The van der Waals surface area contributed by atoms with Crippen LogP contribution in [0.15, 0.2) is 71.8 Å². The van der Waals surface area contributed by atoms with Crippen molar-refractivity contribution in [3.63, 3.8) is 0 Å². The molecule has 0 spiro atoms. The van der Waals surface area contributed by atoms with E-state index in [0.717, 1.165) is 11.3 Å². The summed E-state index contributed by atoms with van der Waals surface area (Å²) in [4.78, 5) is 30.7. The number of piperidine rings is 1. The molecule has 6 nitrogen and oxygen atoms in total. The molecule has 27 heavy (non-hydrogen) atoms. The van der Waals surface area contributed by atoms with Crippen molar-refractivity contribution in [1.82, 2.24) is 19.7 Å². The van der Waals surface area contributed by atoms with Crippen LogP contribution in [0.4, 0.5) is 0 Å². The average molecular weight is 360 g/mol. The maximum absolute atomic E-state index is 12.6. The highest BCUT2D eigenvalue weighted by molar-refractivity contribution is 5.93. The van der Waals surface area contributed by atoms with Crippen LogP contribution in [0.1, 0.15) is 29.2 Å². The zero-order chi connectivity index (χ0) is 18.6. The number of nitrogens with zero attached hydrogens (tertiary/aromatic N) is 4. The highest BCUT2D eigenvalue weighted by Crippen LogP contribution is 2.23. The van der Waals surface area contributed by atoms with Crippen molar-refractivity contribution in [2.75, 3.05) is 13.1 Å². The summed E-state index contributed by atoms with van der Waals surface area (Å²) in [5, 5.41) is 4.58. The van der Waals surface area contributed by atoms with Crippen LogP contribution in [0, 0.1) is 0 Å². The number of hydrogen-bond donors (Lipinski definition) is 0. The van der Waals surface area contributed by atoms with Gasteiger partial charge in [0.2, 0.25) is 0 Å². The number of aromatic nitrogens is 3. The van der Waals surface area contributed by atoms with Gasteiger partial charge in [-0.15, -0.1) is 0 Å². The van der Waals surface area contributed by atoms with E-state index in [1.165, 1.54) is 0 Å². The Morgan fingerprint density at radius 1 is 0.963 bits per heavy atom. The lowest BCUT2D eigenvalue weighted by atomic mass is 10.0. The minimum absolute atomic E-state index is 0.000824. The number of pyridine rings is 1. The fourth-order valence-corrected chi connectivity index (χ4v) is 3.44. The van der Waals surface area contributed by atoms with Crippen molar-refractivity contribution in [3.8, 4) is 11.3 Å². The fourth-order valence-electron chi connectivity index (χ4n) is 3.44. The minimum atomic E-state index is -0.105. The Morgan fingerprint density at radius 3 is 2.44 bits per heavy atom. The Kier molecular flexibility index (Phi) is 4.78. The van der Waals surface area contributed by atoms with Gasteiger partial charge in [0.05, 0.1) is 17.3 Å². The second-order valence-electron chi connectivity index (χ2n) is 6.63. The molecule has 0 unspecified atom stereocenters. The normalized spacial score (nSPS) is 14.9. The van der Waals surface area contributed by atoms with Gasteiger partial charge in [0.15, 0.2) is 0 Å². The lowest BCUT2D eigenvalue weighted by molar-refractivity contribution is 0.0687. The van der Waals surface area contributed by atoms with Crippen LogP contribution in [0.5, 0.6) is 0 Å². The van der Waals surface area contributed by atoms with E-state index >= 15 is 0 Å². The second kappa shape index (κ2) is 7.53. The molecule has 0 saturated carbocycles. The van der Waals surface area contributed by atoms with Crippen LogP contribution in [-0.2, 0) is 0 Å². The lowest BCUT2D eigenvalue weighted by Crippen LogP contribution is -2.41. The second-order valence-corrected chi connectivity index (χ2v) is 6.63. The molecule has 136 valence electrons. The zero-order valence-corrected chi connectivity index (χ0v) is 14.9. The van der Waals surface area contributed by atoms with E-state index in [4.69, 9.17) is 0 Å². The summed E-state index contributed by atoms with van der Waals surface area (Å²) >= 11 is 0. The largest absolute Gasteiger partial charge is 0.338 e. The van der Waals surface area contributed by atoms with Crippen LogP contribution in [0.2, 0.25) is 0 Å². The summed E-state index contributed by atoms with van der Waals surface area (Å²) in [6, 6.07) is 16.7. The molecule has 1 fully saturated rings. The van der Waals surface area contributed by atoms with Gasteiger partial charge in [-0.1, -0.05) is 30.3 Å². The molecule has 1 aromatic carbocycles. The SMILES string of the molecule is O=C(c1cccnc1)N1CCC(n2nc(-c3ccccc3)ccc2=O)CC1. The molecule has 4 rings (SSSR count). The summed E-state index contributed by atoms with van der Waals surface area (Å²) in [7, 11) is 0. The molecule has 1 saturated heterocycles. The Bertz CT molecular complexity index is 978. The first-order valence-corrected chi connectivity index (χ1v) is 9.07. The number of carbonyl (C=O) groups is 1. The molecule has 1 aliphatic heterocycles. The maximum atomic E-state index is 12.6. The fraction of sp³-hybridized carbons (Fsp3) is 0.238. The number of likely N-dealkylation sites (tertiary alicyclic amines) is 1. The van der Waals surface area contributed by atoms with Crippen molar-refractivity contribution < 1.29 is 4.79 Å². The van der Waals surface area contributed by atoms with E-state index < -0.39 is 0 Å². The standard InChI is InChI=1S/C21H20N4O2/c26-20-9-8-19(16-5-2-1-3-6-16)23-25(20)18-10-13-24(14-11-18)21(27)17-7-4-12-22-15-17/h1-9,12,15,18H,10-11,13-14H2. The first kappa shape index (κ1) is 17.1. The van der Waals surface area contributed by atoms with Gasteiger partial charge in [-0.05, 0) is 31.0 Å². The molecular weight excluding hydrogens is 340 g/mol. The molecule has 3 heterocycles. The monoisotopic (exact) mass is 360 g/mol.